The highest BCUT2D eigenvalue weighted by Gasteiger charge is 2.46. The summed E-state index contributed by atoms with van der Waals surface area (Å²) in [5, 5.41) is 2.91. The maximum atomic E-state index is 12.7. The van der Waals surface area contributed by atoms with Crippen LogP contribution in [0, 0.1) is 5.92 Å². The quantitative estimate of drug-likeness (QED) is 0.857. The molecule has 2 heterocycles. The summed E-state index contributed by atoms with van der Waals surface area (Å²) in [4.78, 5) is 30.9. The molecule has 2 atom stereocenters. The first kappa shape index (κ1) is 14.1. The maximum absolute atomic E-state index is 12.7. The lowest BCUT2D eigenvalue weighted by molar-refractivity contribution is -0.150. The topological polar surface area (TPSA) is 67.2 Å². The Morgan fingerprint density at radius 3 is 2.71 bits per heavy atom. The lowest BCUT2D eigenvalue weighted by Gasteiger charge is -2.38. The second-order valence-electron chi connectivity index (χ2n) is 5.98. The van der Waals surface area contributed by atoms with Crippen LogP contribution in [0.3, 0.4) is 0 Å². The van der Waals surface area contributed by atoms with Crippen LogP contribution < -0.4 is 5.32 Å². The summed E-state index contributed by atoms with van der Waals surface area (Å²) >= 11 is 0. The van der Waals surface area contributed by atoms with E-state index in [0.717, 1.165) is 18.7 Å². The fraction of sp³-hybridized carbons (Fsp3) is 0.667. The summed E-state index contributed by atoms with van der Waals surface area (Å²) in [5.41, 5.74) is 0. The van der Waals surface area contributed by atoms with Gasteiger partial charge in [0.15, 0.2) is 0 Å². The zero-order chi connectivity index (χ0) is 15.0. The van der Waals surface area contributed by atoms with Crippen LogP contribution in [0.25, 0.3) is 0 Å². The van der Waals surface area contributed by atoms with Crippen molar-refractivity contribution in [2.45, 2.75) is 44.7 Å². The Morgan fingerprint density at radius 2 is 2.14 bits per heavy atom. The van der Waals surface area contributed by atoms with E-state index >= 15 is 0 Å². The van der Waals surface area contributed by atoms with E-state index in [1.54, 1.807) is 11.1 Å². The van der Waals surface area contributed by atoms with Gasteiger partial charge in [0.2, 0.25) is 11.8 Å². The normalized spacial score (nSPS) is 26.1. The molecule has 0 spiro atoms. The highest BCUT2D eigenvalue weighted by atomic mass is 16.2. The molecule has 2 amide bonds. The van der Waals surface area contributed by atoms with E-state index in [0.29, 0.717) is 25.3 Å². The third-order valence-corrected chi connectivity index (χ3v) is 4.50. The molecule has 6 heteroatoms. The molecule has 1 aromatic rings. The van der Waals surface area contributed by atoms with Crippen LogP contribution in [0.1, 0.15) is 32.0 Å². The minimum absolute atomic E-state index is 0.00570. The van der Waals surface area contributed by atoms with E-state index in [4.69, 9.17) is 0 Å². The fourth-order valence-electron chi connectivity index (χ4n) is 3.06. The molecule has 21 heavy (non-hydrogen) atoms. The molecule has 1 aliphatic carbocycles. The number of aryl methyl sites for hydroxylation is 1. The molecule has 6 nitrogen and oxygen atoms in total. The molecule has 1 aliphatic heterocycles. The number of rotatable bonds is 5. The van der Waals surface area contributed by atoms with Gasteiger partial charge in [-0.2, -0.15) is 0 Å². The van der Waals surface area contributed by atoms with Crippen molar-refractivity contribution in [2.75, 3.05) is 6.54 Å². The Balaban J connectivity index is 1.73. The molecule has 2 unspecified atom stereocenters. The molecule has 0 bridgehead atoms. The van der Waals surface area contributed by atoms with Gasteiger partial charge in [-0.1, -0.05) is 6.92 Å². The number of piperazine rings is 1. The third kappa shape index (κ3) is 2.66. The molecule has 114 valence electrons. The standard InChI is InChI=1S/C15H22N4O2/c1-3-11-14(20)17-13(10-4-5-10)15(21)19(11)8-6-12-16-7-9-18(12)2/h7,9-11,13H,3-6,8H2,1-2H3,(H,17,20). The summed E-state index contributed by atoms with van der Waals surface area (Å²) in [6, 6.07) is -0.644. The monoisotopic (exact) mass is 290 g/mol. The number of amides is 2. The highest BCUT2D eigenvalue weighted by Crippen LogP contribution is 2.35. The van der Waals surface area contributed by atoms with E-state index in [9.17, 15) is 9.59 Å². The molecular weight excluding hydrogens is 268 g/mol. The minimum atomic E-state index is -0.340. The summed E-state index contributed by atoms with van der Waals surface area (Å²) in [6.07, 6.45) is 7.06. The third-order valence-electron chi connectivity index (χ3n) is 4.50. The number of hydrogen-bond donors (Lipinski definition) is 1. The predicted molar refractivity (Wildman–Crippen MR) is 77.4 cm³/mol. The van der Waals surface area contributed by atoms with Crippen molar-refractivity contribution in [1.82, 2.24) is 19.8 Å². The lowest BCUT2D eigenvalue weighted by atomic mass is 10.0. The molecule has 0 aromatic carbocycles. The van der Waals surface area contributed by atoms with Gasteiger partial charge >= 0.3 is 0 Å². The summed E-state index contributed by atoms with van der Waals surface area (Å²) < 4.78 is 1.95. The minimum Gasteiger partial charge on any atom is -0.342 e. The van der Waals surface area contributed by atoms with E-state index < -0.39 is 0 Å². The second-order valence-corrected chi connectivity index (χ2v) is 5.98. The van der Waals surface area contributed by atoms with Gasteiger partial charge in [0.05, 0.1) is 0 Å². The molecule has 1 aromatic heterocycles. The lowest BCUT2D eigenvalue weighted by Crippen LogP contribution is -2.64. The largest absolute Gasteiger partial charge is 0.342 e. The van der Waals surface area contributed by atoms with Crippen LogP contribution in [0.5, 0.6) is 0 Å². The van der Waals surface area contributed by atoms with Crippen LogP contribution in [-0.4, -0.2) is 44.9 Å². The van der Waals surface area contributed by atoms with Gasteiger partial charge in [-0.05, 0) is 25.2 Å². The van der Waals surface area contributed by atoms with Crippen molar-refractivity contribution in [3.63, 3.8) is 0 Å². The van der Waals surface area contributed by atoms with E-state index in [-0.39, 0.29) is 23.9 Å². The zero-order valence-corrected chi connectivity index (χ0v) is 12.6. The first-order chi connectivity index (χ1) is 10.1. The van der Waals surface area contributed by atoms with Gasteiger partial charge in [-0.25, -0.2) is 4.98 Å². The first-order valence-electron chi connectivity index (χ1n) is 7.69. The summed E-state index contributed by atoms with van der Waals surface area (Å²) in [5.74, 6) is 1.36. The zero-order valence-electron chi connectivity index (χ0n) is 12.6. The molecule has 0 radical (unpaired) electrons. The summed E-state index contributed by atoms with van der Waals surface area (Å²) in [7, 11) is 1.94. The Hall–Kier alpha value is -1.85. The number of imidazole rings is 1. The van der Waals surface area contributed by atoms with Gasteiger partial charge in [0.25, 0.3) is 0 Å². The molecular formula is C15H22N4O2. The van der Waals surface area contributed by atoms with E-state index in [2.05, 4.69) is 10.3 Å². The number of aromatic nitrogens is 2. The van der Waals surface area contributed by atoms with Gasteiger partial charge < -0.3 is 14.8 Å². The molecule has 2 aliphatic rings. The maximum Gasteiger partial charge on any atom is 0.246 e. The van der Waals surface area contributed by atoms with Crippen LogP contribution in [0.4, 0.5) is 0 Å². The Morgan fingerprint density at radius 1 is 1.38 bits per heavy atom. The number of nitrogens with zero attached hydrogens (tertiary/aromatic N) is 3. The number of carbonyl (C=O) groups excluding carboxylic acids is 2. The highest BCUT2D eigenvalue weighted by molar-refractivity contribution is 5.97. The van der Waals surface area contributed by atoms with Crippen molar-refractivity contribution in [3.8, 4) is 0 Å². The average molecular weight is 290 g/mol. The van der Waals surface area contributed by atoms with E-state index in [1.807, 2.05) is 24.7 Å². The van der Waals surface area contributed by atoms with Crippen LogP contribution in [0.15, 0.2) is 12.4 Å². The number of nitrogens with one attached hydrogen (secondary N) is 1. The van der Waals surface area contributed by atoms with Gasteiger partial charge in [-0.15, -0.1) is 0 Å². The van der Waals surface area contributed by atoms with Crippen molar-refractivity contribution in [3.05, 3.63) is 18.2 Å². The average Bonchev–Trinajstić information content (AvgIpc) is 3.22. The molecule has 1 N–H and O–H groups in total. The Labute approximate surface area is 124 Å². The molecule has 1 saturated carbocycles. The molecule has 2 fully saturated rings. The van der Waals surface area contributed by atoms with Crippen LogP contribution in [-0.2, 0) is 23.1 Å². The smallest absolute Gasteiger partial charge is 0.246 e. The number of hydrogen-bond acceptors (Lipinski definition) is 3. The van der Waals surface area contributed by atoms with Gasteiger partial charge in [0.1, 0.15) is 17.9 Å². The van der Waals surface area contributed by atoms with Gasteiger partial charge in [0, 0.05) is 32.4 Å². The first-order valence-corrected chi connectivity index (χ1v) is 7.69. The molecule has 3 rings (SSSR count). The SMILES string of the molecule is CCC1C(=O)NC(C2CC2)C(=O)N1CCc1nccn1C. The van der Waals surface area contributed by atoms with Crippen molar-refractivity contribution < 1.29 is 9.59 Å². The summed E-state index contributed by atoms with van der Waals surface area (Å²) in [6.45, 7) is 2.50. The van der Waals surface area contributed by atoms with Crippen molar-refractivity contribution >= 4 is 11.8 Å². The van der Waals surface area contributed by atoms with Crippen LogP contribution in [0.2, 0.25) is 0 Å². The molecule has 1 saturated heterocycles. The van der Waals surface area contributed by atoms with Crippen molar-refractivity contribution in [1.29, 1.82) is 0 Å². The fourth-order valence-corrected chi connectivity index (χ4v) is 3.06. The Kier molecular flexibility index (Phi) is 3.69. The Bertz CT molecular complexity index is 550. The second kappa shape index (κ2) is 5.50. The van der Waals surface area contributed by atoms with E-state index in [1.165, 1.54) is 0 Å². The van der Waals surface area contributed by atoms with Gasteiger partial charge in [-0.3, -0.25) is 9.59 Å². The van der Waals surface area contributed by atoms with Crippen LogP contribution >= 0.6 is 0 Å². The van der Waals surface area contributed by atoms with Crippen molar-refractivity contribution in [2.24, 2.45) is 13.0 Å². The predicted octanol–water partition coefficient (Wildman–Crippen LogP) is 0.478. The number of carbonyl (C=O) groups is 2.